The maximum Gasteiger partial charge on any atom is 0.242 e. The van der Waals surface area contributed by atoms with E-state index in [1.807, 2.05) is 36.4 Å². The molecule has 0 aliphatic carbocycles. The van der Waals surface area contributed by atoms with Crippen LogP contribution in [0.5, 0.6) is 0 Å². The van der Waals surface area contributed by atoms with Gasteiger partial charge in [-0.25, -0.2) is 0 Å². The van der Waals surface area contributed by atoms with Crippen LogP contribution < -0.4 is 5.32 Å². The van der Waals surface area contributed by atoms with Crippen LogP contribution in [0.2, 0.25) is 20.1 Å². The van der Waals surface area contributed by atoms with Gasteiger partial charge in [0.05, 0.1) is 25.8 Å². The molecule has 9 heteroatoms. The van der Waals surface area contributed by atoms with Crippen LogP contribution in [0, 0.1) is 0 Å². The molecule has 0 saturated heterocycles. The van der Waals surface area contributed by atoms with Gasteiger partial charge >= 0.3 is 0 Å². The molecule has 3 aromatic rings. The van der Waals surface area contributed by atoms with E-state index >= 15 is 0 Å². The molecular weight excluding hydrogens is 546 g/mol. The number of hydrogen-bond acceptors (Lipinski definition) is 3. The van der Waals surface area contributed by atoms with Crippen molar-refractivity contribution in [3.05, 3.63) is 104 Å². The minimum atomic E-state index is -0.699. The number of halogens is 4. The van der Waals surface area contributed by atoms with Crippen LogP contribution in [0.25, 0.3) is 0 Å². The number of nitrogens with one attached hydrogen (secondary N) is 1. The zero-order valence-corrected chi connectivity index (χ0v) is 22.8. The Hall–Kier alpha value is -1.89. The van der Waals surface area contributed by atoms with Gasteiger partial charge in [0.2, 0.25) is 11.8 Å². The predicted octanol–water partition coefficient (Wildman–Crippen LogP) is 6.92. The number of nitrogens with zero attached hydrogens (tertiary/aromatic N) is 1. The summed E-state index contributed by atoms with van der Waals surface area (Å²) in [6, 6.07) is 19.5. The van der Waals surface area contributed by atoms with E-state index in [9.17, 15) is 9.59 Å². The Kier molecular flexibility index (Phi) is 10.6. The number of carbonyl (C=O) groups excluding carboxylic acids is 2. The Morgan fingerprint density at radius 3 is 2.03 bits per heavy atom. The first-order valence-electron chi connectivity index (χ1n) is 10.8. The Balaban J connectivity index is 1.82. The lowest BCUT2D eigenvalue weighted by Crippen LogP contribution is -2.50. The highest BCUT2D eigenvalue weighted by Gasteiger charge is 2.29. The first-order chi connectivity index (χ1) is 16.8. The minimum Gasteiger partial charge on any atom is -0.357 e. The van der Waals surface area contributed by atoms with Crippen molar-refractivity contribution in [2.24, 2.45) is 0 Å². The summed E-state index contributed by atoms with van der Waals surface area (Å²) in [6.45, 7) is 0.216. The molecule has 0 saturated carbocycles. The highest BCUT2D eigenvalue weighted by molar-refractivity contribution is 7.99. The molecule has 0 bridgehead atoms. The third-order valence-electron chi connectivity index (χ3n) is 5.33. The van der Waals surface area contributed by atoms with Gasteiger partial charge in [0.1, 0.15) is 6.04 Å². The van der Waals surface area contributed by atoms with Crippen molar-refractivity contribution in [2.45, 2.75) is 24.8 Å². The normalized spacial score (nSPS) is 11.7. The van der Waals surface area contributed by atoms with Crippen molar-refractivity contribution in [3.8, 4) is 0 Å². The molecular formula is C26H24Cl4N2O2S. The molecule has 35 heavy (non-hydrogen) atoms. The third kappa shape index (κ3) is 8.06. The summed E-state index contributed by atoms with van der Waals surface area (Å²) < 4.78 is 0. The van der Waals surface area contributed by atoms with Gasteiger partial charge in [0.15, 0.2) is 0 Å². The van der Waals surface area contributed by atoms with Gasteiger partial charge in [0.25, 0.3) is 0 Å². The number of amides is 2. The molecule has 2 amide bonds. The third-order valence-corrected chi connectivity index (χ3v) is 7.80. The van der Waals surface area contributed by atoms with E-state index in [-0.39, 0.29) is 24.1 Å². The maximum absolute atomic E-state index is 13.5. The van der Waals surface area contributed by atoms with Gasteiger partial charge in [-0.3, -0.25) is 9.59 Å². The van der Waals surface area contributed by atoms with Gasteiger partial charge in [0, 0.05) is 25.8 Å². The van der Waals surface area contributed by atoms with E-state index in [2.05, 4.69) is 5.32 Å². The molecule has 0 unspecified atom stereocenters. The van der Waals surface area contributed by atoms with Crippen molar-refractivity contribution in [2.75, 3.05) is 12.8 Å². The fourth-order valence-electron chi connectivity index (χ4n) is 3.52. The molecule has 0 fully saturated rings. The van der Waals surface area contributed by atoms with Gasteiger partial charge in [-0.1, -0.05) is 88.9 Å². The van der Waals surface area contributed by atoms with Crippen LogP contribution in [-0.2, 0) is 28.3 Å². The molecule has 0 heterocycles. The first-order valence-corrected chi connectivity index (χ1v) is 13.5. The van der Waals surface area contributed by atoms with Gasteiger partial charge in [-0.15, -0.1) is 11.8 Å². The largest absolute Gasteiger partial charge is 0.357 e. The summed E-state index contributed by atoms with van der Waals surface area (Å²) in [5.41, 5.74) is 2.70. The van der Waals surface area contributed by atoms with Crippen LogP contribution in [0.4, 0.5) is 0 Å². The van der Waals surface area contributed by atoms with Crippen molar-refractivity contribution in [1.29, 1.82) is 0 Å². The van der Waals surface area contributed by atoms with E-state index in [1.165, 1.54) is 11.8 Å². The number of carbonyl (C=O) groups is 2. The molecule has 184 valence electrons. The summed E-state index contributed by atoms with van der Waals surface area (Å²) in [4.78, 5) is 28.0. The van der Waals surface area contributed by atoms with Gasteiger partial charge in [-0.2, -0.15) is 0 Å². The average molecular weight is 570 g/mol. The maximum atomic E-state index is 13.5. The highest BCUT2D eigenvalue weighted by Crippen LogP contribution is 2.26. The Bertz CT molecular complexity index is 1180. The summed E-state index contributed by atoms with van der Waals surface area (Å²) in [6.07, 6.45) is 0.380. The summed E-state index contributed by atoms with van der Waals surface area (Å²) in [5.74, 6) is 0.360. The van der Waals surface area contributed by atoms with E-state index < -0.39 is 6.04 Å². The van der Waals surface area contributed by atoms with Crippen molar-refractivity contribution >= 4 is 70.0 Å². The Labute approximate surface area is 229 Å². The highest BCUT2D eigenvalue weighted by atomic mass is 35.5. The zero-order valence-electron chi connectivity index (χ0n) is 18.9. The van der Waals surface area contributed by atoms with E-state index in [1.54, 1.807) is 42.3 Å². The summed E-state index contributed by atoms with van der Waals surface area (Å²) in [7, 11) is 1.57. The molecule has 4 nitrogen and oxygen atoms in total. The Morgan fingerprint density at radius 1 is 0.829 bits per heavy atom. The number of likely N-dealkylation sites (N-methyl/N-ethyl adjacent to an activating group) is 1. The zero-order chi connectivity index (χ0) is 25.4. The van der Waals surface area contributed by atoms with Crippen LogP contribution in [0.15, 0.2) is 66.7 Å². The fourth-order valence-corrected chi connectivity index (χ4v) is 5.02. The lowest BCUT2D eigenvalue weighted by molar-refractivity contribution is -0.139. The molecule has 0 aliphatic heterocycles. The molecule has 1 atom stereocenters. The molecule has 3 rings (SSSR count). The predicted molar refractivity (Wildman–Crippen MR) is 148 cm³/mol. The molecule has 0 radical (unpaired) electrons. The average Bonchev–Trinajstić information content (AvgIpc) is 2.85. The topological polar surface area (TPSA) is 49.4 Å². The lowest BCUT2D eigenvalue weighted by Gasteiger charge is -2.31. The van der Waals surface area contributed by atoms with Crippen molar-refractivity contribution in [3.63, 3.8) is 0 Å². The first kappa shape index (κ1) is 27.7. The number of hydrogen-bond donors (Lipinski definition) is 1. The minimum absolute atomic E-state index is 0.161. The summed E-state index contributed by atoms with van der Waals surface area (Å²) >= 11 is 25.8. The second-order valence-corrected chi connectivity index (χ2v) is 10.4. The van der Waals surface area contributed by atoms with E-state index in [0.717, 1.165) is 16.7 Å². The Morgan fingerprint density at radius 2 is 1.43 bits per heavy atom. The fraction of sp³-hybridized carbons (Fsp3) is 0.231. The van der Waals surface area contributed by atoms with E-state index in [0.29, 0.717) is 32.3 Å². The van der Waals surface area contributed by atoms with Crippen LogP contribution in [-0.4, -0.2) is 35.6 Å². The van der Waals surface area contributed by atoms with Crippen molar-refractivity contribution < 1.29 is 9.59 Å². The lowest BCUT2D eigenvalue weighted by atomic mass is 10.0. The summed E-state index contributed by atoms with van der Waals surface area (Å²) in [5, 5.41) is 4.49. The number of benzene rings is 3. The molecule has 0 spiro atoms. The van der Waals surface area contributed by atoms with Gasteiger partial charge < -0.3 is 10.2 Å². The molecule has 1 N–H and O–H groups in total. The van der Waals surface area contributed by atoms with Crippen LogP contribution in [0.3, 0.4) is 0 Å². The van der Waals surface area contributed by atoms with Crippen molar-refractivity contribution in [1.82, 2.24) is 10.2 Å². The molecule has 0 aliphatic rings. The van der Waals surface area contributed by atoms with Gasteiger partial charge in [-0.05, 0) is 41.0 Å². The quantitative estimate of drug-likeness (QED) is 0.288. The van der Waals surface area contributed by atoms with E-state index in [4.69, 9.17) is 46.4 Å². The second-order valence-electron chi connectivity index (χ2n) is 7.83. The molecule has 3 aromatic carbocycles. The number of thioether (sulfide) groups is 1. The van der Waals surface area contributed by atoms with Crippen LogP contribution >= 0.6 is 58.2 Å². The second kappa shape index (κ2) is 13.4. The number of rotatable bonds is 10. The molecule has 0 aromatic heterocycles. The smallest absolute Gasteiger partial charge is 0.242 e. The van der Waals surface area contributed by atoms with Crippen LogP contribution in [0.1, 0.15) is 16.7 Å². The monoisotopic (exact) mass is 568 g/mol. The standard InChI is InChI=1S/C26H24Cl4N2O2S/c1-31-26(34)24(13-17-5-3-2-4-6-17)32(14-18-7-9-20(27)22(29)11-18)25(33)16-35-15-19-8-10-21(28)23(30)12-19/h2-12,24H,13-16H2,1H3,(H,31,34)/t24-/m0/s1. The SMILES string of the molecule is CNC(=O)[C@H](Cc1ccccc1)N(Cc1ccc(Cl)c(Cl)c1)C(=O)CSCc1ccc(Cl)c(Cl)c1.